The van der Waals surface area contributed by atoms with Crippen molar-refractivity contribution < 1.29 is 8.83 Å². The van der Waals surface area contributed by atoms with Gasteiger partial charge in [-0.05, 0) is 131 Å². The lowest BCUT2D eigenvalue weighted by Gasteiger charge is -2.18. The second kappa shape index (κ2) is 11.2. The zero-order chi connectivity index (χ0) is 35.3. The van der Waals surface area contributed by atoms with E-state index in [9.17, 15) is 0 Å². The number of hydrogen-bond donors (Lipinski definition) is 0. The fourth-order valence-corrected chi connectivity index (χ4v) is 9.02. The predicted molar refractivity (Wildman–Crippen MR) is 227 cm³/mol. The summed E-state index contributed by atoms with van der Waals surface area (Å²) in [5, 5.41) is 14.4. The minimum Gasteiger partial charge on any atom is -0.456 e. The second-order valence-corrected chi connectivity index (χ2v) is 14.4. The molecule has 10 aromatic carbocycles. The first kappa shape index (κ1) is 29.4. The third kappa shape index (κ3) is 4.22. The van der Waals surface area contributed by atoms with Gasteiger partial charge in [0.15, 0.2) is 0 Å². The maximum Gasteiger partial charge on any atom is 0.136 e. The first-order valence-electron chi connectivity index (χ1n) is 18.5. The standard InChI is InChI=1S/C52H30O2/c1-2-10-31(11-3-1)49-37-12-4-6-14-39(37)50(40-15-7-5-13-38(40)49)36-21-20-32-28-33(18-19-34(32)29-36)35-22-23-44-48(30-35)54-47-27-25-41-42(52(44)47)24-26-46-51(41)43-16-8-9-17-45(43)53-46/h1-30H. The SMILES string of the molecule is c1ccc(-c2c3ccccc3c(-c3ccc4cc(-c5ccc6c(c5)oc5ccc7c(ccc8oc9ccccc9c87)c56)ccc4c3)c3ccccc23)cc1. The fraction of sp³-hybridized carbons (Fsp3) is 0. The van der Waals surface area contributed by atoms with Gasteiger partial charge in [-0.25, -0.2) is 0 Å². The van der Waals surface area contributed by atoms with E-state index in [2.05, 4.69) is 170 Å². The number of benzene rings is 10. The Morgan fingerprint density at radius 2 is 0.685 bits per heavy atom. The largest absolute Gasteiger partial charge is 0.456 e. The Hall–Kier alpha value is -7.16. The molecule has 0 unspecified atom stereocenters. The van der Waals surface area contributed by atoms with Crippen molar-refractivity contribution in [1.29, 1.82) is 0 Å². The van der Waals surface area contributed by atoms with Crippen LogP contribution in [0, 0.1) is 0 Å². The summed E-state index contributed by atoms with van der Waals surface area (Å²) in [5.74, 6) is 0. The van der Waals surface area contributed by atoms with Gasteiger partial charge < -0.3 is 8.83 Å². The predicted octanol–water partition coefficient (Wildman–Crippen LogP) is 15.1. The van der Waals surface area contributed by atoms with Crippen LogP contribution in [0.1, 0.15) is 0 Å². The van der Waals surface area contributed by atoms with Gasteiger partial charge in [0.2, 0.25) is 0 Å². The topological polar surface area (TPSA) is 26.3 Å². The zero-order valence-corrected chi connectivity index (χ0v) is 29.1. The molecule has 0 spiro atoms. The average molecular weight is 687 g/mol. The van der Waals surface area contributed by atoms with Gasteiger partial charge in [-0.15, -0.1) is 0 Å². The monoisotopic (exact) mass is 686 g/mol. The maximum atomic E-state index is 6.54. The molecule has 0 fully saturated rings. The molecule has 0 saturated carbocycles. The summed E-state index contributed by atoms with van der Waals surface area (Å²) < 4.78 is 12.7. The summed E-state index contributed by atoms with van der Waals surface area (Å²) in [6.45, 7) is 0. The van der Waals surface area contributed by atoms with E-state index in [1.54, 1.807) is 0 Å². The van der Waals surface area contributed by atoms with E-state index in [0.29, 0.717) is 0 Å². The van der Waals surface area contributed by atoms with Gasteiger partial charge in [-0.1, -0.05) is 127 Å². The quantitative estimate of drug-likeness (QED) is 0.173. The summed E-state index contributed by atoms with van der Waals surface area (Å²) in [4.78, 5) is 0. The Morgan fingerprint density at radius 1 is 0.241 bits per heavy atom. The van der Waals surface area contributed by atoms with Crippen molar-refractivity contribution in [3.8, 4) is 33.4 Å². The minimum absolute atomic E-state index is 0.889. The van der Waals surface area contributed by atoms with Gasteiger partial charge in [0, 0.05) is 21.5 Å². The van der Waals surface area contributed by atoms with Crippen molar-refractivity contribution in [2.75, 3.05) is 0 Å². The van der Waals surface area contributed by atoms with Gasteiger partial charge in [0.1, 0.15) is 22.3 Å². The van der Waals surface area contributed by atoms with E-state index in [1.165, 1.54) is 65.3 Å². The molecule has 2 heterocycles. The van der Waals surface area contributed by atoms with E-state index >= 15 is 0 Å². The molecule has 12 rings (SSSR count). The molecular formula is C52H30O2. The molecule has 2 nitrogen and oxygen atoms in total. The molecule has 0 atom stereocenters. The van der Waals surface area contributed by atoms with E-state index < -0.39 is 0 Å². The van der Waals surface area contributed by atoms with E-state index in [-0.39, 0.29) is 0 Å². The van der Waals surface area contributed by atoms with Crippen molar-refractivity contribution in [2.24, 2.45) is 0 Å². The number of para-hydroxylation sites is 1. The molecule has 0 amide bonds. The Kier molecular flexibility index (Phi) is 6.09. The van der Waals surface area contributed by atoms with Gasteiger partial charge in [-0.3, -0.25) is 0 Å². The smallest absolute Gasteiger partial charge is 0.136 e. The van der Waals surface area contributed by atoms with Crippen molar-refractivity contribution >= 4 is 87.0 Å². The zero-order valence-electron chi connectivity index (χ0n) is 29.1. The summed E-state index contributed by atoms with van der Waals surface area (Å²) >= 11 is 0. The Labute approximate surface area is 310 Å². The van der Waals surface area contributed by atoms with Crippen LogP contribution in [0.5, 0.6) is 0 Å². The molecule has 0 saturated heterocycles. The average Bonchev–Trinajstić information content (AvgIpc) is 3.81. The van der Waals surface area contributed by atoms with Crippen molar-refractivity contribution in [1.82, 2.24) is 0 Å². The highest BCUT2D eigenvalue weighted by molar-refractivity contribution is 6.27. The lowest BCUT2D eigenvalue weighted by atomic mass is 9.85. The van der Waals surface area contributed by atoms with E-state index in [4.69, 9.17) is 8.83 Å². The van der Waals surface area contributed by atoms with E-state index in [0.717, 1.165) is 55.0 Å². The molecule has 54 heavy (non-hydrogen) atoms. The number of furan rings is 2. The normalized spacial score (nSPS) is 12.1. The van der Waals surface area contributed by atoms with Crippen molar-refractivity contribution in [3.63, 3.8) is 0 Å². The molecule has 0 aliphatic carbocycles. The fourth-order valence-electron chi connectivity index (χ4n) is 9.02. The van der Waals surface area contributed by atoms with Crippen LogP contribution in [0.4, 0.5) is 0 Å². The van der Waals surface area contributed by atoms with Crippen LogP contribution in [-0.4, -0.2) is 0 Å². The summed E-state index contributed by atoms with van der Waals surface area (Å²) in [5.41, 5.74) is 10.9. The second-order valence-electron chi connectivity index (χ2n) is 14.4. The first-order chi connectivity index (χ1) is 26.8. The molecule has 0 radical (unpaired) electrons. The van der Waals surface area contributed by atoms with Gasteiger partial charge in [0.25, 0.3) is 0 Å². The Bertz CT molecular complexity index is 3430. The minimum atomic E-state index is 0.889. The number of hydrogen-bond acceptors (Lipinski definition) is 2. The van der Waals surface area contributed by atoms with E-state index in [1.807, 2.05) is 12.1 Å². The lowest BCUT2D eigenvalue weighted by Crippen LogP contribution is -1.90. The molecule has 0 bridgehead atoms. The summed E-state index contributed by atoms with van der Waals surface area (Å²) in [6, 6.07) is 65.6. The van der Waals surface area contributed by atoms with Crippen LogP contribution in [0.2, 0.25) is 0 Å². The van der Waals surface area contributed by atoms with Gasteiger partial charge >= 0.3 is 0 Å². The highest BCUT2D eigenvalue weighted by Gasteiger charge is 2.18. The Balaban J connectivity index is 0.977. The summed E-state index contributed by atoms with van der Waals surface area (Å²) in [6.07, 6.45) is 0. The highest BCUT2D eigenvalue weighted by atomic mass is 16.3. The third-order valence-electron chi connectivity index (χ3n) is 11.4. The first-order valence-corrected chi connectivity index (χ1v) is 18.5. The van der Waals surface area contributed by atoms with Crippen LogP contribution < -0.4 is 0 Å². The van der Waals surface area contributed by atoms with Gasteiger partial charge in [-0.2, -0.15) is 0 Å². The summed E-state index contributed by atoms with van der Waals surface area (Å²) in [7, 11) is 0. The maximum absolute atomic E-state index is 6.54. The van der Waals surface area contributed by atoms with Crippen LogP contribution in [0.15, 0.2) is 191 Å². The molecule has 250 valence electrons. The molecule has 0 aliphatic heterocycles. The molecule has 2 aromatic heterocycles. The van der Waals surface area contributed by atoms with Crippen LogP contribution in [-0.2, 0) is 0 Å². The number of rotatable bonds is 3. The molecule has 0 aliphatic rings. The lowest BCUT2D eigenvalue weighted by molar-refractivity contribution is 0.668. The highest BCUT2D eigenvalue weighted by Crippen LogP contribution is 2.45. The van der Waals surface area contributed by atoms with Gasteiger partial charge in [0.05, 0.1) is 0 Å². The molecule has 2 heteroatoms. The Morgan fingerprint density at radius 3 is 1.33 bits per heavy atom. The molecular weight excluding hydrogens is 657 g/mol. The third-order valence-corrected chi connectivity index (χ3v) is 11.4. The van der Waals surface area contributed by atoms with Crippen molar-refractivity contribution in [3.05, 3.63) is 182 Å². The van der Waals surface area contributed by atoms with Crippen LogP contribution in [0.3, 0.4) is 0 Å². The number of fused-ring (bicyclic) bond motifs is 12. The molecule has 12 aromatic rings. The van der Waals surface area contributed by atoms with Crippen LogP contribution in [0.25, 0.3) is 120 Å². The van der Waals surface area contributed by atoms with Crippen molar-refractivity contribution in [2.45, 2.75) is 0 Å². The van der Waals surface area contributed by atoms with Crippen LogP contribution >= 0.6 is 0 Å². The molecule has 0 N–H and O–H groups in total.